The zero-order valence-electron chi connectivity index (χ0n) is 8.96. The lowest BCUT2D eigenvalue weighted by atomic mass is 10.3. The first-order valence-electron chi connectivity index (χ1n) is 4.96. The summed E-state index contributed by atoms with van der Waals surface area (Å²) in [6.07, 6.45) is 0.309. The predicted molar refractivity (Wildman–Crippen MR) is 70.9 cm³/mol. The van der Waals surface area contributed by atoms with Gasteiger partial charge in [0.25, 0.3) is 0 Å². The summed E-state index contributed by atoms with van der Waals surface area (Å²) in [5.41, 5.74) is 0.691. The van der Waals surface area contributed by atoms with E-state index in [4.69, 9.17) is 16.9 Å². The second kappa shape index (κ2) is 7.15. The molecule has 0 fully saturated rings. The minimum absolute atomic E-state index is 0.127. The topological polar surface area (TPSA) is 64.9 Å². The highest BCUT2D eigenvalue weighted by Crippen LogP contribution is 2.25. The monoisotopic (exact) mass is 315 g/mol. The minimum Gasteiger partial charge on any atom is -0.375 e. The van der Waals surface area contributed by atoms with Gasteiger partial charge in [-0.3, -0.25) is 4.79 Å². The van der Waals surface area contributed by atoms with E-state index in [1.807, 2.05) is 12.1 Å². The molecule has 0 saturated carbocycles. The maximum Gasteiger partial charge on any atom is 0.239 e. The van der Waals surface area contributed by atoms with Gasteiger partial charge in [-0.15, -0.1) is 0 Å². The molecule has 0 radical (unpaired) electrons. The number of hydrogen-bond donors (Lipinski definition) is 2. The van der Waals surface area contributed by atoms with E-state index in [1.165, 1.54) is 0 Å². The smallest absolute Gasteiger partial charge is 0.239 e. The molecule has 0 aliphatic rings. The second-order valence-corrected chi connectivity index (χ2v) is 4.56. The lowest BCUT2D eigenvalue weighted by Gasteiger charge is -2.08. The SMILES string of the molecule is N#CCCNC(=O)CNc1cc(Br)ccc1Cl. The van der Waals surface area contributed by atoms with Crippen LogP contribution in [0, 0.1) is 11.3 Å². The summed E-state index contributed by atoms with van der Waals surface area (Å²) in [7, 11) is 0. The van der Waals surface area contributed by atoms with Crippen LogP contribution in [-0.4, -0.2) is 19.0 Å². The van der Waals surface area contributed by atoms with Crippen LogP contribution in [0.15, 0.2) is 22.7 Å². The molecule has 0 saturated heterocycles. The van der Waals surface area contributed by atoms with Crippen LogP contribution in [0.1, 0.15) is 6.42 Å². The van der Waals surface area contributed by atoms with Crippen molar-refractivity contribution in [1.29, 1.82) is 5.26 Å². The molecule has 2 N–H and O–H groups in total. The van der Waals surface area contributed by atoms with E-state index in [9.17, 15) is 4.79 Å². The Hall–Kier alpha value is -1.25. The molecule has 1 aromatic carbocycles. The largest absolute Gasteiger partial charge is 0.375 e. The molecule has 6 heteroatoms. The molecule has 17 heavy (non-hydrogen) atoms. The second-order valence-electron chi connectivity index (χ2n) is 3.24. The van der Waals surface area contributed by atoms with Crippen molar-refractivity contribution in [3.05, 3.63) is 27.7 Å². The van der Waals surface area contributed by atoms with Crippen molar-refractivity contribution >= 4 is 39.1 Å². The number of hydrogen-bond acceptors (Lipinski definition) is 3. The molecule has 0 unspecified atom stereocenters. The summed E-state index contributed by atoms with van der Waals surface area (Å²) in [6, 6.07) is 7.31. The molecule has 0 aliphatic carbocycles. The third-order valence-corrected chi connectivity index (χ3v) is 2.75. The van der Waals surface area contributed by atoms with Gasteiger partial charge in [0, 0.05) is 11.0 Å². The minimum atomic E-state index is -0.170. The van der Waals surface area contributed by atoms with Gasteiger partial charge >= 0.3 is 0 Å². The highest BCUT2D eigenvalue weighted by atomic mass is 79.9. The number of rotatable bonds is 5. The van der Waals surface area contributed by atoms with Crippen LogP contribution >= 0.6 is 27.5 Å². The number of nitrogens with zero attached hydrogens (tertiary/aromatic N) is 1. The number of carbonyl (C=O) groups excluding carboxylic acids is 1. The van der Waals surface area contributed by atoms with Gasteiger partial charge in [-0.25, -0.2) is 0 Å². The van der Waals surface area contributed by atoms with Gasteiger partial charge in [0.2, 0.25) is 5.91 Å². The molecule has 0 bridgehead atoms. The Kier molecular flexibility index (Phi) is 5.81. The number of benzene rings is 1. The maximum absolute atomic E-state index is 11.3. The Balaban J connectivity index is 2.42. The number of amides is 1. The molecule has 0 atom stereocenters. The van der Waals surface area contributed by atoms with Crippen molar-refractivity contribution in [3.8, 4) is 6.07 Å². The van der Waals surface area contributed by atoms with Gasteiger partial charge in [0.15, 0.2) is 0 Å². The van der Waals surface area contributed by atoms with E-state index < -0.39 is 0 Å². The van der Waals surface area contributed by atoms with E-state index in [-0.39, 0.29) is 12.5 Å². The molecule has 90 valence electrons. The predicted octanol–water partition coefficient (Wildman–Crippen LogP) is 2.54. The van der Waals surface area contributed by atoms with Crippen LogP contribution < -0.4 is 10.6 Å². The van der Waals surface area contributed by atoms with Crippen molar-refractivity contribution in [2.45, 2.75) is 6.42 Å². The first-order valence-corrected chi connectivity index (χ1v) is 6.13. The lowest BCUT2D eigenvalue weighted by Crippen LogP contribution is -2.30. The Labute approximate surface area is 113 Å². The maximum atomic E-state index is 11.3. The van der Waals surface area contributed by atoms with E-state index in [1.54, 1.807) is 12.1 Å². The Morgan fingerprint density at radius 2 is 2.29 bits per heavy atom. The van der Waals surface area contributed by atoms with Crippen molar-refractivity contribution in [2.75, 3.05) is 18.4 Å². The van der Waals surface area contributed by atoms with Gasteiger partial charge in [-0.2, -0.15) is 5.26 Å². The molecule has 0 aromatic heterocycles. The van der Waals surface area contributed by atoms with Gasteiger partial charge in [0.1, 0.15) is 0 Å². The molecular formula is C11H11BrClN3O. The van der Waals surface area contributed by atoms with Crippen LogP contribution in [-0.2, 0) is 4.79 Å². The average Bonchev–Trinajstić information content (AvgIpc) is 2.31. The van der Waals surface area contributed by atoms with Crippen molar-refractivity contribution in [2.24, 2.45) is 0 Å². The molecule has 0 spiro atoms. The van der Waals surface area contributed by atoms with E-state index in [0.717, 1.165) is 4.47 Å². The van der Waals surface area contributed by atoms with Gasteiger partial charge in [0.05, 0.1) is 29.7 Å². The quantitative estimate of drug-likeness (QED) is 0.821. The Bertz CT molecular complexity index is 445. The van der Waals surface area contributed by atoms with Gasteiger partial charge < -0.3 is 10.6 Å². The lowest BCUT2D eigenvalue weighted by molar-refractivity contribution is -0.119. The summed E-state index contributed by atoms with van der Waals surface area (Å²) in [4.78, 5) is 11.3. The molecule has 0 heterocycles. The van der Waals surface area contributed by atoms with Crippen LogP contribution in [0.25, 0.3) is 0 Å². The normalized spacial score (nSPS) is 9.47. The van der Waals surface area contributed by atoms with Crippen molar-refractivity contribution in [1.82, 2.24) is 5.32 Å². The molecular weight excluding hydrogens is 305 g/mol. The first-order chi connectivity index (χ1) is 8.13. The molecule has 0 aliphatic heterocycles. The van der Waals surface area contributed by atoms with Gasteiger partial charge in [-0.05, 0) is 18.2 Å². The zero-order valence-corrected chi connectivity index (χ0v) is 11.3. The molecule has 1 amide bonds. The average molecular weight is 317 g/mol. The van der Waals surface area contributed by atoms with Crippen LogP contribution in [0.3, 0.4) is 0 Å². The van der Waals surface area contributed by atoms with Crippen LogP contribution in [0.2, 0.25) is 5.02 Å². The number of anilines is 1. The van der Waals surface area contributed by atoms with Crippen LogP contribution in [0.4, 0.5) is 5.69 Å². The fourth-order valence-corrected chi connectivity index (χ4v) is 1.67. The number of halogens is 2. The number of nitriles is 1. The van der Waals surface area contributed by atoms with E-state index >= 15 is 0 Å². The number of nitrogens with one attached hydrogen (secondary N) is 2. The summed E-state index contributed by atoms with van der Waals surface area (Å²) in [5.74, 6) is -0.170. The first kappa shape index (κ1) is 13.8. The molecule has 1 rings (SSSR count). The standard InChI is InChI=1S/C11H11BrClN3O/c12-8-2-3-9(13)10(6-8)16-7-11(17)15-5-1-4-14/h2-3,6,16H,1,5,7H2,(H,15,17). The van der Waals surface area contributed by atoms with Crippen LogP contribution in [0.5, 0.6) is 0 Å². The highest BCUT2D eigenvalue weighted by Gasteiger charge is 2.03. The fraction of sp³-hybridized carbons (Fsp3) is 0.273. The molecule has 1 aromatic rings. The van der Waals surface area contributed by atoms with Gasteiger partial charge in [-0.1, -0.05) is 27.5 Å². The third kappa shape index (κ3) is 5.07. The van der Waals surface area contributed by atoms with Crippen molar-refractivity contribution < 1.29 is 4.79 Å². The zero-order chi connectivity index (χ0) is 12.7. The van der Waals surface area contributed by atoms with Crippen molar-refractivity contribution in [3.63, 3.8) is 0 Å². The molecule has 4 nitrogen and oxygen atoms in total. The Morgan fingerprint density at radius 3 is 3.00 bits per heavy atom. The summed E-state index contributed by atoms with van der Waals surface area (Å²) in [6.45, 7) is 0.491. The van der Waals surface area contributed by atoms with E-state index in [2.05, 4.69) is 26.6 Å². The summed E-state index contributed by atoms with van der Waals surface area (Å²) < 4.78 is 0.884. The summed E-state index contributed by atoms with van der Waals surface area (Å²) in [5, 5.41) is 14.4. The number of carbonyl (C=O) groups is 1. The van der Waals surface area contributed by atoms with E-state index in [0.29, 0.717) is 23.7 Å². The third-order valence-electron chi connectivity index (χ3n) is 1.93. The Morgan fingerprint density at radius 1 is 1.53 bits per heavy atom. The summed E-state index contributed by atoms with van der Waals surface area (Å²) >= 11 is 9.27. The fourth-order valence-electron chi connectivity index (χ4n) is 1.13. The highest BCUT2D eigenvalue weighted by molar-refractivity contribution is 9.10.